The molecule has 2 aliphatic rings. The van der Waals surface area contributed by atoms with Gasteiger partial charge >= 0.3 is 0 Å². The Balaban J connectivity index is 1.32. The normalized spacial score (nSPS) is 27.0. The number of likely N-dealkylation sites (tertiary alicyclic amines) is 1. The number of nitrogens with zero attached hydrogens (tertiary/aromatic N) is 1. The molecule has 4 nitrogen and oxygen atoms in total. The lowest BCUT2D eigenvalue weighted by molar-refractivity contribution is 0.0120. The first kappa shape index (κ1) is 15.9. The van der Waals surface area contributed by atoms with Crippen molar-refractivity contribution >= 4 is 17.0 Å². The van der Waals surface area contributed by atoms with Crippen LogP contribution in [0.3, 0.4) is 0 Å². The van der Waals surface area contributed by atoms with E-state index in [1.807, 2.05) is 12.1 Å². The van der Waals surface area contributed by atoms with Crippen LogP contribution in [-0.2, 0) is 11.3 Å². The van der Waals surface area contributed by atoms with Crippen molar-refractivity contribution in [1.29, 1.82) is 0 Å². The minimum Gasteiger partial charge on any atom is -0.497 e. The first-order valence-electron chi connectivity index (χ1n) is 8.53. The second kappa shape index (κ2) is 6.75. The van der Waals surface area contributed by atoms with Crippen molar-refractivity contribution in [2.45, 2.75) is 31.0 Å². The summed E-state index contributed by atoms with van der Waals surface area (Å²) in [5.41, 5.74) is 2.60. The minimum atomic E-state index is 0.0418. The van der Waals surface area contributed by atoms with Crippen LogP contribution in [0.4, 0.5) is 5.69 Å². The molecule has 2 saturated heterocycles. The summed E-state index contributed by atoms with van der Waals surface area (Å²) in [7, 11) is 1.69. The maximum atomic E-state index is 6.25. The second-order valence-electron chi connectivity index (χ2n) is 6.86. The van der Waals surface area contributed by atoms with Crippen molar-refractivity contribution in [3.05, 3.63) is 46.7 Å². The highest BCUT2D eigenvalue weighted by atomic mass is 32.1. The molecule has 0 unspecified atom stereocenters. The Morgan fingerprint density at radius 1 is 1.33 bits per heavy atom. The third-order valence-electron chi connectivity index (χ3n) is 5.05. The lowest BCUT2D eigenvalue weighted by Gasteiger charge is -2.23. The highest BCUT2D eigenvalue weighted by Gasteiger charge is 2.45. The van der Waals surface area contributed by atoms with Crippen molar-refractivity contribution in [1.82, 2.24) is 4.90 Å². The molecule has 2 atom stereocenters. The van der Waals surface area contributed by atoms with E-state index in [9.17, 15) is 0 Å². The van der Waals surface area contributed by atoms with Crippen molar-refractivity contribution in [2.24, 2.45) is 0 Å². The van der Waals surface area contributed by atoms with Gasteiger partial charge in [-0.1, -0.05) is 0 Å². The van der Waals surface area contributed by atoms with Gasteiger partial charge in [-0.3, -0.25) is 4.90 Å². The van der Waals surface area contributed by atoms with Crippen LogP contribution in [0.5, 0.6) is 5.75 Å². The summed E-state index contributed by atoms with van der Waals surface area (Å²) < 4.78 is 11.5. The lowest BCUT2D eigenvalue weighted by Crippen LogP contribution is -2.33. The van der Waals surface area contributed by atoms with Gasteiger partial charge in [0.05, 0.1) is 25.4 Å². The highest BCUT2D eigenvalue weighted by molar-refractivity contribution is 7.07. The lowest BCUT2D eigenvalue weighted by atomic mass is 9.97. The molecule has 1 aromatic carbocycles. The number of nitrogens with one attached hydrogen (secondary N) is 1. The Kier molecular flexibility index (Phi) is 4.48. The first-order valence-corrected chi connectivity index (χ1v) is 9.47. The fraction of sp³-hybridized carbons (Fsp3) is 0.474. The van der Waals surface area contributed by atoms with Crippen LogP contribution in [-0.4, -0.2) is 43.3 Å². The van der Waals surface area contributed by atoms with Gasteiger partial charge < -0.3 is 14.8 Å². The van der Waals surface area contributed by atoms with E-state index in [0.717, 1.165) is 50.5 Å². The fourth-order valence-corrected chi connectivity index (χ4v) is 4.51. The summed E-state index contributed by atoms with van der Waals surface area (Å²) in [5, 5.41) is 8.01. The molecule has 1 N–H and O–H groups in total. The summed E-state index contributed by atoms with van der Waals surface area (Å²) in [4.78, 5) is 2.53. The largest absolute Gasteiger partial charge is 0.497 e. The average Bonchev–Trinajstić information content (AvgIpc) is 3.33. The van der Waals surface area contributed by atoms with Crippen LogP contribution in [0.25, 0.3) is 0 Å². The van der Waals surface area contributed by atoms with Gasteiger partial charge in [-0.25, -0.2) is 0 Å². The number of ether oxygens (including phenoxy) is 2. The summed E-state index contributed by atoms with van der Waals surface area (Å²) in [5.74, 6) is 0.888. The van der Waals surface area contributed by atoms with Crippen molar-refractivity contribution in [3.63, 3.8) is 0 Å². The smallest absolute Gasteiger partial charge is 0.119 e. The van der Waals surface area contributed by atoms with Gasteiger partial charge in [-0.15, -0.1) is 0 Å². The molecule has 2 aliphatic heterocycles. The molecule has 128 valence electrons. The minimum absolute atomic E-state index is 0.0418. The van der Waals surface area contributed by atoms with E-state index in [1.54, 1.807) is 18.4 Å². The van der Waals surface area contributed by atoms with E-state index in [2.05, 4.69) is 39.2 Å². The van der Waals surface area contributed by atoms with Gasteiger partial charge in [0.25, 0.3) is 0 Å². The van der Waals surface area contributed by atoms with Crippen molar-refractivity contribution in [3.8, 4) is 5.75 Å². The SMILES string of the molecule is COc1ccc(N[C@H]2CO[C@@]3(CCN(Cc4ccsc4)C3)C2)cc1. The molecule has 4 rings (SSSR count). The van der Waals surface area contributed by atoms with E-state index < -0.39 is 0 Å². The molecule has 24 heavy (non-hydrogen) atoms. The Labute approximate surface area is 147 Å². The topological polar surface area (TPSA) is 33.7 Å². The van der Waals surface area contributed by atoms with Crippen LogP contribution in [0.1, 0.15) is 18.4 Å². The molecule has 0 amide bonds. The Bertz CT molecular complexity index is 659. The number of thiophene rings is 1. The predicted molar refractivity (Wildman–Crippen MR) is 97.9 cm³/mol. The molecule has 0 saturated carbocycles. The molecular formula is C19H24N2O2S. The highest BCUT2D eigenvalue weighted by Crippen LogP contribution is 2.36. The van der Waals surface area contributed by atoms with Gasteiger partial charge in [-0.2, -0.15) is 11.3 Å². The summed E-state index contributed by atoms with van der Waals surface area (Å²) >= 11 is 1.77. The number of anilines is 1. The monoisotopic (exact) mass is 344 g/mol. The van der Waals surface area contributed by atoms with Crippen LogP contribution in [0.15, 0.2) is 41.1 Å². The summed E-state index contributed by atoms with van der Waals surface area (Å²) in [6.07, 6.45) is 2.22. The quantitative estimate of drug-likeness (QED) is 0.898. The van der Waals surface area contributed by atoms with Crippen LogP contribution in [0.2, 0.25) is 0 Å². The molecule has 2 aromatic rings. The Morgan fingerprint density at radius 2 is 2.21 bits per heavy atom. The van der Waals surface area contributed by atoms with Crippen molar-refractivity contribution < 1.29 is 9.47 Å². The zero-order valence-electron chi connectivity index (χ0n) is 14.0. The van der Waals surface area contributed by atoms with Gasteiger partial charge in [0.1, 0.15) is 5.75 Å². The van der Waals surface area contributed by atoms with Crippen molar-refractivity contribution in [2.75, 3.05) is 32.1 Å². The zero-order valence-corrected chi connectivity index (χ0v) is 14.8. The number of rotatable bonds is 5. The maximum absolute atomic E-state index is 6.25. The molecule has 0 aliphatic carbocycles. The third kappa shape index (κ3) is 3.43. The molecule has 3 heterocycles. The van der Waals surface area contributed by atoms with Crippen LogP contribution >= 0.6 is 11.3 Å². The van der Waals surface area contributed by atoms with E-state index >= 15 is 0 Å². The molecular weight excluding hydrogens is 320 g/mol. The molecule has 1 spiro atoms. The predicted octanol–water partition coefficient (Wildman–Crippen LogP) is 3.60. The fourth-order valence-electron chi connectivity index (χ4n) is 3.85. The van der Waals surface area contributed by atoms with Gasteiger partial charge in [0, 0.05) is 31.7 Å². The Morgan fingerprint density at radius 3 is 2.96 bits per heavy atom. The molecule has 0 radical (unpaired) electrons. The molecule has 0 bridgehead atoms. The summed E-state index contributed by atoms with van der Waals surface area (Å²) in [6, 6.07) is 10.7. The van der Waals surface area contributed by atoms with Crippen LogP contribution < -0.4 is 10.1 Å². The molecule has 1 aromatic heterocycles. The van der Waals surface area contributed by atoms with Gasteiger partial charge in [0.15, 0.2) is 0 Å². The maximum Gasteiger partial charge on any atom is 0.119 e. The molecule has 2 fully saturated rings. The van der Waals surface area contributed by atoms with Gasteiger partial charge in [-0.05, 0) is 53.1 Å². The average molecular weight is 344 g/mol. The number of hydrogen-bond donors (Lipinski definition) is 1. The third-order valence-corrected chi connectivity index (χ3v) is 5.78. The van der Waals surface area contributed by atoms with E-state index in [1.165, 1.54) is 5.56 Å². The summed E-state index contributed by atoms with van der Waals surface area (Å²) in [6.45, 7) is 4.01. The zero-order chi connectivity index (χ0) is 16.4. The van der Waals surface area contributed by atoms with E-state index in [4.69, 9.17) is 9.47 Å². The second-order valence-corrected chi connectivity index (χ2v) is 7.64. The van der Waals surface area contributed by atoms with Crippen LogP contribution in [0, 0.1) is 0 Å². The van der Waals surface area contributed by atoms with E-state index in [0.29, 0.717) is 6.04 Å². The number of methoxy groups -OCH3 is 1. The number of hydrogen-bond acceptors (Lipinski definition) is 5. The first-order chi connectivity index (χ1) is 11.7. The number of benzene rings is 1. The molecule has 5 heteroatoms. The Hall–Kier alpha value is -1.56. The van der Waals surface area contributed by atoms with E-state index in [-0.39, 0.29) is 5.60 Å². The standard InChI is InChI=1S/C19H24N2O2S/c1-22-18-4-2-16(3-5-18)20-17-10-19(23-12-17)7-8-21(14-19)11-15-6-9-24-13-15/h2-6,9,13,17,20H,7-8,10-12,14H2,1H3/t17-,19+/m1/s1. The van der Waals surface area contributed by atoms with Gasteiger partial charge in [0.2, 0.25) is 0 Å².